The predicted octanol–water partition coefficient (Wildman–Crippen LogP) is 3.44. The van der Waals surface area contributed by atoms with Gasteiger partial charge in [-0.3, -0.25) is 4.79 Å². The largest absolute Gasteiger partial charge is 0.325 e. The molecule has 4 nitrogen and oxygen atoms in total. The fourth-order valence-corrected chi connectivity index (χ4v) is 2.46. The van der Waals surface area contributed by atoms with Gasteiger partial charge in [0.1, 0.15) is 5.88 Å². The SMILES string of the molecule is O=C(CCl)Nc1ccc(SNc2nccs2)cc1. The standard InChI is InChI=1S/C11H10ClN3OS2/c12-7-10(16)14-8-1-3-9(4-2-8)18-15-11-13-5-6-17-11/h1-6H,7H2,(H,13,15)(H,14,16). The van der Waals surface area contributed by atoms with Crippen molar-refractivity contribution in [2.24, 2.45) is 0 Å². The van der Waals surface area contributed by atoms with Crippen LogP contribution in [-0.4, -0.2) is 16.8 Å². The van der Waals surface area contributed by atoms with Crippen LogP contribution in [0.4, 0.5) is 10.8 Å². The topological polar surface area (TPSA) is 54.0 Å². The zero-order chi connectivity index (χ0) is 12.8. The van der Waals surface area contributed by atoms with Crippen molar-refractivity contribution >= 4 is 51.6 Å². The van der Waals surface area contributed by atoms with Crippen LogP contribution < -0.4 is 10.0 Å². The highest BCUT2D eigenvalue weighted by Gasteiger charge is 2.01. The van der Waals surface area contributed by atoms with Crippen molar-refractivity contribution in [1.29, 1.82) is 0 Å². The Morgan fingerprint density at radius 1 is 1.39 bits per heavy atom. The van der Waals surface area contributed by atoms with E-state index in [1.165, 1.54) is 11.9 Å². The third-order valence-electron chi connectivity index (χ3n) is 1.95. The van der Waals surface area contributed by atoms with E-state index in [1.54, 1.807) is 17.5 Å². The minimum atomic E-state index is -0.210. The molecule has 7 heteroatoms. The van der Waals surface area contributed by atoms with Crippen molar-refractivity contribution in [1.82, 2.24) is 4.98 Å². The van der Waals surface area contributed by atoms with E-state index in [-0.39, 0.29) is 11.8 Å². The highest BCUT2D eigenvalue weighted by atomic mass is 35.5. The summed E-state index contributed by atoms with van der Waals surface area (Å²) in [5.74, 6) is -0.250. The maximum Gasteiger partial charge on any atom is 0.239 e. The summed E-state index contributed by atoms with van der Waals surface area (Å²) in [4.78, 5) is 16.2. The number of anilines is 2. The molecule has 0 saturated heterocycles. The minimum absolute atomic E-state index is 0.0396. The molecule has 94 valence electrons. The molecule has 1 heterocycles. The molecule has 0 aliphatic heterocycles. The van der Waals surface area contributed by atoms with Crippen molar-refractivity contribution in [3.05, 3.63) is 35.8 Å². The van der Waals surface area contributed by atoms with Crippen LogP contribution in [0.3, 0.4) is 0 Å². The predicted molar refractivity (Wildman–Crippen MR) is 77.4 cm³/mol. The lowest BCUT2D eigenvalue weighted by atomic mass is 10.3. The van der Waals surface area contributed by atoms with Crippen molar-refractivity contribution in [2.75, 3.05) is 15.9 Å². The number of nitrogens with zero attached hydrogens (tertiary/aromatic N) is 1. The molecule has 0 atom stereocenters. The molecule has 0 fully saturated rings. The summed E-state index contributed by atoms with van der Waals surface area (Å²) < 4.78 is 3.13. The smallest absolute Gasteiger partial charge is 0.239 e. The number of alkyl halides is 1. The van der Waals surface area contributed by atoms with Crippen LogP contribution in [0.1, 0.15) is 0 Å². The second-order valence-corrected chi connectivity index (χ2v) is 5.29. The van der Waals surface area contributed by atoms with E-state index in [9.17, 15) is 4.79 Å². The molecular formula is C11H10ClN3OS2. The summed E-state index contributed by atoms with van der Waals surface area (Å²) in [5.41, 5.74) is 0.735. The number of hydrogen-bond donors (Lipinski definition) is 2. The quantitative estimate of drug-likeness (QED) is 0.656. The second kappa shape index (κ2) is 6.63. The third-order valence-corrected chi connectivity index (χ3v) is 3.81. The number of hydrogen-bond acceptors (Lipinski definition) is 5. The molecule has 0 radical (unpaired) electrons. The van der Waals surface area contributed by atoms with Gasteiger partial charge in [-0.05, 0) is 36.2 Å². The molecule has 0 spiro atoms. The van der Waals surface area contributed by atoms with Gasteiger partial charge in [0.2, 0.25) is 5.91 Å². The van der Waals surface area contributed by atoms with Crippen LogP contribution in [0, 0.1) is 0 Å². The van der Waals surface area contributed by atoms with E-state index in [4.69, 9.17) is 11.6 Å². The molecule has 0 aliphatic rings. The average molecular weight is 300 g/mol. The number of amides is 1. The minimum Gasteiger partial charge on any atom is -0.325 e. The Balaban J connectivity index is 1.89. The van der Waals surface area contributed by atoms with Gasteiger partial charge >= 0.3 is 0 Å². The molecule has 18 heavy (non-hydrogen) atoms. The Bertz CT molecular complexity index is 502. The number of carbonyl (C=O) groups is 1. The normalized spacial score (nSPS) is 10.1. The van der Waals surface area contributed by atoms with Gasteiger partial charge in [0.25, 0.3) is 0 Å². The lowest BCUT2D eigenvalue weighted by Gasteiger charge is -2.05. The third kappa shape index (κ3) is 3.90. The maximum absolute atomic E-state index is 11.1. The number of halogens is 1. The van der Waals surface area contributed by atoms with Crippen LogP contribution in [0.2, 0.25) is 0 Å². The lowest BCUT2D eigenvalue weighted by molar-refractivity contribution is -0.113. The van der Waals surface area contributed by atoms with E-state index >= 15 is 0 Å². The summed E-state index contributed by atoms with van der Waals surface area (Å²) in [6.45, 7) is 0. The molecule has 0 bridgehead atoms. The molecule has 0 saturated carbocycles. The van der Waals surface area contributed by atoms with Crippen LogP contribution in [-0.2, 0) is 4.79 Å². The first-order chi connectivity index (χ1) is 8.78. The van der Waals surface area contributed by atoms with E-state index in [1.807, 2.05) is 29.6 Å². The molecule has 2 N–H and O–H groups in total. The second-order valence-electron chi connectivity index (χ2n) is 3.25. The Hall–Kier alpha value is -1.24. The summed E-state index contributed by atoms with van der Waals surface area (Å²) in [6, 6.07) is 7.48. The molecule has 2 rings (SSSR count). The van der Waals surface area contributed by atoms with Gasteiger partial charge in [0, 0.05) is 22.2 Å². The molecule has 0 unspecified atom stereocenters. The Morgan fingerprint density at radius 3 is 2.78 bits per heavy atom. The first-order valence-electron chi connectivity index (χ1n) is 5.06. The van der Waals surface area contributed by atoms with E-state index in [0.717, 1.165) is 15.7 Å². The molecule has 2 aromatic rings. The van der Waals surface area contributed by atoms with Crippen molar-refractivity contribution < 1.29 is 4.79 Å². The molecular weight excluding hydrogens is 290 g/mol. The van der Waals surface area contributed by atoms with Crippen LogP contribution in [0.15, 0.2) is 40.7 Å². The molecule has 1 amide bonds. The molecule has 0 aliphatic carbocycles. The van der Waals surface area contributed by atoms with Crippen molar-refractivity contribution in [3.63, 3.8) is 0 Å². The van der Waals surface area contributed by atoms with Gasteiger partial charge < -0.3 is 10.0 Å². The van der Waals surface area contributed by atoms with E-state index < -0.39 is 0 Å². The first-order valence-corrected chi connectivity index (χ1v) is 7.29. The van der Waals surface area contributed by atoms with Crippen molar-refractivity contribution in [2.45, 2.75) is 4.90 Å². The number of carbonyl (C=O) groups excluding carboxylic acids is 1. The zero-order valence-corrected chi connectivity index (χ0v) is 11.6. The average Bonchev–Trinajstić information content (AvgIpc) is 2.91. The summed E-state index contributed by atoms with van der Waals surface area (Å²) in [5, 5.41) is 5.45. The summed E-state index contributed by atoms with van der Waals surface area (Å²) in [7, 11) is 0. The van der Waals surface area contributed by atoms with E-state index in [2.05, 4.69) is 15.0 Å². The summed E-state index contributed by atoms with van der Waals surface area (Å²) >= 11 is 8.42. The van der Waals surface area contributed by atoms with Crippen LogP contribution in [0.5, 0.6) is 0 Å². The fourth-order valence-electron chi connectivity index (χ4n) is 1.18. The number of aromatic nitrogens is 1. The highest BCUT2D eigenvalue weighted by Crippen LogP contribution is 2.23. The van der Waals surface area contributed by atoms with Crippen molar-refractivity contribution in [3.8, 4) is 0 Å². The highest BCUT2D eigenvalue weighted by molar-refractivity contribution is 8.00. The van der Waals surface area contributed by atoms with Gasteiger partial charge in [-0.15, -0.1) is 22.9 Å². The van der Waals surface area contributed by atoms with Gasteiger partial charge in [0.15, 0.2) is 5.13 Å². The number of thiazole rings is 1. The number of rotatable bonds is 5. The van der Waals surface area contributed by atoms with Gasteiger partial charge in [-0.25, -0.2) is 4.98 Å². The first kappa shape index (κ1) is 13.2. The monoisotopic (exact) mass is 299 g/mol. The Kier molecular flexibility index (Phi) is 4.86. The van der Waals surface area contributed by atoms with Gasteiger partial charge in [-0.1, -0.05) is 0 Å². The fraction of sp³-hybridized carbons (Fsp3) is 0.0909. The number of nitrogens with one attached hydrogen (secondary N) is 2. The van der Waals surface area contributed by atoms with E-state index in [0.29, 0.717) is 0 Å². The Labute approximate surface area is 118 Å². The van der Waals surface area contributed by atoms with Crippen LogP contribution >= 0.6 is 34.9 Å². The zero-order valence-electron chi connectivity index (χ0n) is 9.22. The Morgan fingerprint density at radius 2 is 2.17 bits per heavy atom. The van der Waals surface area contributed by atoms with Crippen LogP contribution in [0.25, 0.3) is 0 Å². The molecule has 1 aromatic heterocycles. The van der Waals surface area contributed by atoms with Gasteiger partial charge in [0.05, 0.1) is 0 Å². The van der Waals surface area contributed by atoms with Gasteiger partial charge in [-0.2, -0.15) is 0 Å². The summed E-state index contributed by atoms with van der Waals surface area (Å²) in [6.07, 6.45) is 1.75. The lowest BCUT2D eigenvalue weighted by Crippen LogP contribution is -2.12. The number of benzene rings is 1. The maximum atomic E-state index is 11.1. The molecule has 1 aromatic carbocycles.